The van der Waals surface area contributed by atoms with Gasteiger partial charge in [-0.1, -0.05) is 25.5 Å². The minimum Gasteiger partial charge on any atom is -0.504 e. The van der Waals surface area contributed by atoms with Crippen LogP contribution < -0.4 is 5.43 Å². The average Bonchev–Trinajstić information content (AvgIpc) is 3.08. The molecule has 3 heterocycles. The van der Waals surface area contributed by atoms with Crippen LogP contribution in [0.25, 0.3) is 10.9 Å². The van der Waals surface area contributed by atoms with Crippen molar-refractivity contribution >= 4 is 16.9 Å². The van der Waals surface area contributed by atoms with Gasteiger partial charge in [0.1, 0.15) is 0 Å². The van der Waals surface area contributed by atoms with Crippen molar-refractivity contribution in [2.24, 2.45) is 11.8 Å². The molecule has 1 aromatic carbocycles. The Morgan fingerprint density at radius 1 is 1.32 bits per heavy atom. The number of piperidine rings is 1. The normalized spacial score (nSPS) is 24.7. The van der Waals surface area contributed by atoms with Crippen molar-refractivity contribution in [1.29, 1.82) is 0 Å². The van der Waals surface area contributed by atoms with Crippen LogP contribution in [0.2, 0.25) is 0 Å². The Labute approximate surface area is 164 Å². The molecule has 2 aliphatic rings. The zero-order chi connectivity index (χ0) is 19.8. The van der Waals surface area contributed by atoms with Gasteiger partial charge in [-0.15, -0.1) is 0 Å². The molecule has 3 atom stereocenters. The Morgan fingerprint density at radius 3 is 2.82 bits per heavy atom. The number of nitrogens with one attached hydrogen (secondary N) is 1. The maximum atomic E-state index is 13.0. The molecule has 1 N–H and O–H groups in total. The Kier molecular flexibility index (Phi) is 4.98. The van der Waals surface area contributed by atoms with E-state index in [1.165, 1.54) is 13.4 Å². The number of hydrogen-bond donors (Lipinski definition) is 1. The van der Waals surface area contributed by atoms with Crippen LogP contribution in [0, 0.1) is 11.8 Å². The van der Waals surface area contributed by atoms with E-state index in [0.717, 1.165) is 41.5 Å². The van der Waals surface area contributed by atoms with Gasteiger partial charge in [0.25, 0.3) is 0 Å². The first kappa shape index (κ1) is 18.7. The summed E-state index contributed by atoms with van der Waals surface area (Å²) in [5.41, 5.74) is 3.40. The Hall–Kier alpha value is -2.60. The molecule has 0 spiro atoms. The van der Waals surface area contributed by atoms with Crippen molar-refractivity contribution in [3.63, 3.8) is 0 Å². The van der Waals surface area contributed by atoms with Crippen LogP contribution in [0.5, 0.6) is 0 Å². The molecule has 28 heavy (non-hydrogen) atoms. The highest BCUT2D eigenvalue weighted by Crippen LogP contribution is 2.46. The summed E-state index contributed by atoms with van der Waals surface area (Å²) in [6, 6.07) is 7.74. The zero-order valence-corrected chi connectivity index (χ0v) is 16.5. The molecule has 0 aliphatic carbocycles. The predicted octanol–water partition coefficient (Wildman–Crippen LogP) is 3.13. The van der Waals surface area contributed by atoms with Gasteiger partial charge in [0.05, 0.1) is 32.1 Å². The van der Waals surface area contributed by atoms with E-state index < -0.39 is 0 Å². The number of methoxy groups -OCH3 is 2. The smallest absolute Gasteiger partial charge is 0.337 e. The number of aromatic nitrogens is 1. The molecule has 4 rings (SSSR count). The molecule has 148 valence electrons. The third-order valence-corrected chi connectivity index (χ3v) is 6.28. The lowest BCUT2D eigenvalue weighted by Crippen LogP contribution is -2.41. The minimum atomic E-state index is -0.344. The quantitative estimate of drug-likeness (QED) is 0.500. The standard InChI is InChI=1S/C22H26N2O4/c1-4-13-10-24-11-16-20(23-18-8-6-5-7-14(18)21(16)25)19(24)9-15(13)17(12-27-2)22(26)28-3/h5-8,12-13,15,19H,4,9-11H2,1-3H3,(H,23,25)/b17-12+/t13-,15-,19+/m0/s1. The number of aromatic amines is 1. The van der Waals surface area contributed by atoms with Gasteiger partial charge in [-0.05, 0) is 30.4 Å². The Bertz CT molecular complexity index is 994. The fourth-order valence-electron chi connectivity index (χ4n) is 4.88. The maximum absolute atomic E-state index is 13.0. The second-order valence-electron chi connectivity index (χ2n) is 7.65. The highest BCUT2D eigenvalue weighted by Gasteiger charge is 2.44. The fourth-order valence-corrected chi connectivity index (χ4v) is 4.88. The molecule has 6 nitrogen and oxygen atoms in total. The predicted molar refractivity (Wildman–Crippen MR) is 107 cm³/mol. The van der Waals surface area contributed by atoms with Gasteiger partial charge in [0, 0.05) is 35.2 Å². The van der Waals surface area contributed by atoms with E-state index in [9.17, 15) is 9.59 Å². The van der Waals surface area contributed by atoms with Gasteiger partial charge < -0.3 is 14.5 Å². The molecule has 0 radical (unpaired) electrons. The van der Waals surface area contributed by atoms with E-state index >= 15 is 0 Å². The van der Waals surface area contributed by atoms with Gasteiger partial charge in [0.2, 0.25) is 0 Å². The van der Waals surface area contributed by atoms with Crippen molar-refractivity contribution in [2.75, 3.05) is 20.8 Å². The van der Waals surface area contributed by atoms with Crippen LogP contribution in [-0.2, 0) is 20.8 Å². The molecule has 1 saturated heterocycles. The number of para-hydroxylation sites is 1. The molecular formula is C22H26N2O4. The van der Waals surface area contributed by atoms with Gasteiger partial charge >= 0.3 is 5.97 Å². The van der Waals surface area contributed by atoms with Gasteiger partial charge in [-0.25, -0.2) is 4.79 Å². The molecule has 2 aromatic rings. The molecule has 0 amide bonds. The molecule has 1 fully saturated rings. The van der Waals surface area contributed by atoms with Gasteiger partial charge in [-0.3, -0.25) is 9.69 Å². The summed E-state index contributed by atoms with van der Waals surface area (Å²) in [7, 11) is 2.95. The van der Waals surface area contributed by atoms with Crippen molar-refractivity contribution in [2.45, 2.75) is 32.4 Å². The number of fused-ring (bicyclic) bond motifs is 4. The Morgan fingerprint density at radius 2 is 2.11 bits per heavy atom. The van der Waals surface area contributed by atoms with E-state index in [-0.39, 0.29) is 23.4 Å². The third-order valence-electron chi connectivity index (χ3n) is 6.28. The largest absolute Gasteiger partial charge is 0.504 e. The van der Waals surface area contributed by atoms with E-state index in [1.54, 1.807) is 7.11 Å². The number of benzene rings is 1. The summed E-state index contributed by atoms with van der Waals surface area (Å²) in [5.74, 6) is -0.0147. The number of ether oxygens (including phenoxy) is 2. The third kappa shape index (κ3) is 2.92. The van der Waals surface area contributed by atoms with Gasteiger partial charge in [-0.2, -0.15) is 0 Å². The molecule has 6 heteroatoms. The van der Waals surface area contributed by atoms with Crippen LogP contribution >= 0.6 is 0 Å². The van der Waals surface area contributed by atoms with Crippen LogP contribution in [0.1, 0.15) is 37.1 Å². The number of pyridine rings is 1. The number of rotatable bonds is 4. The van der Waals surface area contributed by atoms with Crippen LogP contribution in [0.15, 0.2) is 40.9 Å². The molecular weight excluding hydrogens is 356 g/mol. The highest BCUT2D eigenvalue weighted by atomic mass is 16.5. The minimum absolute atomic E-state index is 0.0274. The summed E-state index contributed by atoms with van der Waals surface area (Å²) in [4.78, 5) is 31.3. The lowest BCUT2D eigenvalue weighted by atomic mass is 9.76. The molecule has 0 saturated carbocycles. The zero-order valence-electron chi connectivity index (χ0n) is 16.5. The van der Waals surface area contributed by atoms with E-state index in [4.69, 9.17) is 9.47 Å². The summed E-state index contributed by atoms with van der Waals surface area (Å²) in [5, 5.41) is 0.735. The van der Waals surface area contributed by atoms with E-state index in [1.807, 2.05) is 24.3 Å². The van der Waals surface area contributed by atoms with Crippen LogP contribution in [-0.4, -0.2) is 36.6 Å². The SMILES string of the molecule is CC[C@H]1CN2Cc3c([nH]c4ccccc4c3=O)[C@H]2C[C@@H]1/C(=C\OC)C(=O)OC. The second kappa shape index (κ2) is 7.43. The lowest BCUT2D eigenvalue weighted by molar-refractivity contribution is -0.137. The number of nitrogens with zero attached hydrogens (tertiary/aromatic N) is 1. The first-order valence-electron chi connectivity index (χ1n) is 9.78. The number of H-pyrrole nitrogens is 1. The van der Waals surface area contributed by atoms with Crippen molar-refractivity contribution < 1.29 is 14.3 Å². The molecule has 2 aliphatic heterocycles. The maximum Gasteiger partial charge on any atom is 0.337 e. The first-order valence-corrected chi connectivity index (χ1v) is 9.78. The lowest BCUT2D eigenvalue weighted by Gasteiger charge is -2.41. The monoisotopic (exact) mass is 382 g/mol. The van der Waals surface area contributed by atoms with Crippen LogP contribution in [0.3, 0.4) is 0 Å². The molecule has 0 bridgehead atoms. The van der Waals surface area contributed by atoms with Crippen LogP contribution in [0.4, 0.5) is 0 Å². The number of carbonyl (C=O) groups is 1. The van der Waals surface area contributed by atoms with Crippen molar-refractivity contribution in [1.82, 2.24) is 9.88 Å². The van der Waals surface area contributed by atoms with E-state index in [2.05, 4.69) is 16.8 Å². The summed E-state index contributed by atoms with van der Waals surface area (Å²) in [6.45, 7) is 3.63. The highest BCUT2D eigenvalue weighted by molar-refractivity contribution is 5.88. The topological polar surface area (TPSA) is 71.6 Å². The summed E-state index contributed by atoms with van der Waals surface area (Å²) < 4.78 is 10.2. The number of esters is 1. The first-order chi connectivity index (χ1) is 13.6. The Balaban J connectivity index is 1.76. The fraction of sp³-hybridized carbons (Fsp3) is 0.455. The number of carbonyl (C=O) groups excluding carboxylic acids is 1. The second-order valence-corrected chi connectivity index (χ2v) is 7.65. The summed E-state index contributed by atoms with van der Waals surface area (Å²) in [6.07, 6.45) is 3.22. The van der Waals surface area contributed by atoms with Crippen molar-refractivity contribution in [3.8, 4) is 0 Å². The van der Waals surface area contributed by atoms with Crippen molar-refractivity contribution in [3.05, 3.63) is 57.6 Å². The average molecular weight is 382 g/mol. The molecule has 1 aromatic heterocycles. The molecule has 0 unspecified atom stereocenters. The van der Waals surface area contributed by atoms with E-state index in [0.29, 0.717) is 18.0 Å². The van der Waals surface area contributed by atoms with Gasteiger partial charge in [0.15, 0.2) is 5.43 Å². The summed E-state index contributed by atoms with van der Waals surface area (Å²) >= 11 is 0. The number of hydrogen-bond acceptors (Lipinski definition) is 5.